The van der Waals surface area contributed by atoms with Crippen LogP contribution in [0.4, 0.5) is 0 Å². The normalized spacial score (nSPS) is 16.8. The highest BCUT2D eigenvalue weighted by molar-refractivity contribution is 5.92. The highest BCUT2D eigenvalue weighted by atomic mass is 16.3. The van der Waals surface area contributed by atoms with Crippen LogP contribution in [0.1, 0.15) is 47.7 Å². The van der Waals surface area contributed by atoms with E-state index in [1.807, 2.05) is 19.1 Å². The summed E-state index contributed by atoms with van der Waals surface area (Å²) in [6.07, 6.45) is 3.04. The molecule has 1 N–H and O–H groups in total. The van der Waals surface area contributed by atoms with E-state index in [-0.39, 0.29) is 29.0 Å². The van der Waals surface area contributed by atoms with Crippen molar-refractivity contribution in [2.24, 2.45) is 13.0 Å². The summed E-state index contributed by atoms with van der Waals surface area (Å²) in [5, 5.41) is 6.91. The molecule has 3 heterocycles. The predicted molar refractivity (Wildman–Crippen MR) is 103 cm³/mol. The van der Waals surface area contributed by atoms with Crippen LogP contribution in [0.15, 0.2) is 33.5 Å². The topological polar surface area (TPSA) is 97.4 Å². The Hall–Kier alpha value is -2.90. The molecule has 0 aliphatic carbocycles. The molecular formula is C20H26N4O4. The van der Waals surface area contributed by atoms with Crippen LogP contribution in [0.2, 0.25) is 0 Å². The highest BCUT2D eigenvalue weighted by Crippen LogP contribution is 2.22. The third-order valence-electron chi connectivity index (χ3n) is 5.02. The van der Waals surface area contributed by atoms with Crippen molar-refractivity contribution in [2.75, 3.05) is 13.1 Å². The van der Waals surface area contributed by atoms with Gasteiger partial charge in [0, 0.05) is 32.6 Å². The summed E-state index contributed by atoms with van der Waals surface area (Å²) in [4.78, 5) is 38.0. The Labute approximate surface area is 163 Å². The van der Waals surface area contributed by atoms with Crippen LogP contribution in [0.3, 0.4) is 0 Å². The Morgan fingerprint density at radius 1 is 1.29 bits per heavy atom. The van der Waals surface area contributed by atoms with Crippen LogP contribution in [0, 0.1) is 12.8 Å². The van der Waals surface area contributed by atoms with Crippen molar-refractivity contribution in [3.8, 4) is 0 Å². The molecule has 0 saturated carbocycles. The van der Waals surface area contributed by atoms with Gasteiger partial charge in [-0.1, -0.05) is 0 Å². The fourth-order valence-corrected chi connectivity index (χ4v) is 3.45. The van der Waals surface area contributed by atoms with Crippen molar-refractivity contribution >= 4 is 11.8 Å². The number of likely N-dealkylation sites (tertiary alicyclic amines) is 1. The molecule has 0 unspecified atom stereocenters. The van der Waals surface area contributed by atoms with Gasteiger partial charge in [0.1, 0.15) is 17.2 Å². The van der Waals surface area contributed by atoms with Gasteiger partial charge in [0.2, 0.25) is 5.91 Å². The highest BCUT2D eigenvalue weighted by Gasteiger charge is 2.25. The summed E-state index contributed by atoms with van der Waals surface area (Å²) < 4.78 is 6.61. The summed E-state index contributed by atoms with van der Waals surface area (Å²) in [5.41, 5.74) is 0.0260. The molecule has 0 bridgehead atoms. The van der Waals surface area contributed by atoms with Crippen molar-refractivity contribution < 1.29 is 14.0 Å². The van der Waals surface area contributed by atoms with Crippen LogP contribution in [0.25, 0.3) is 0 Å². The molecule has 2 amide bonds. The van der Waals surface area contributed by atoms with Crippen LogP contribution in [-0.4, -0.2) is 39.6 Å². The number of nitrogens with one attached hydrogen (secondary N) is 1. The molecular weight excluding hydrogens is 360 g/mol. The first-order chi connectivity index (χ1) is 13.4. The van der Waals surface area contributed by atoms with Gasteiger partial charge in [-0.25, -0.2) is 4.68 Å². The average Bonchev–Trinajstić information content (AvgIpc) is 3.12. The second-order valence-corrected chi connectivity index (χ2v) is 7.27. The second kappa shape index (κ2) is 8.86. The molecule has 2 aromatic rings. The van der Waals surface area contributed by atoms with Gasteiger partial charge in [-0.3, -0.25) is 14.4 Å². The molecule has 8 nitrogen and oxygen atoms in total. The average molecular weight is 386 g/mol. The Morgan fingerprint density at radius 3 is 2.82 bits per heavy atom. The van der Waals surface area contributed by atoms with Gasteiger partial charge < -0.3 is 14.6 Å². The Kier molecular flexibility index (Phi) is 6.28. The number of carbonyl (C=O) groups is 2. The monoisotopic (exact) mass is 386 g/mol. The quantitative estimate of drug-likeness (QED) is 0.814. The van der Waals surface area contributed by atoms with E-state index in [2.05, 4.69) is 10.4 Å². The van der Waals surface area contributed by atoms with Gasteiger partial charge in [0.15, 0.2) is 0 Å². The van der Waals surface area contributed by atoms with Gasteiger partial charge in [-0.2, -0.15) is 5.10 Å². The van der Waals surface area contributed by atoms with Gasteiger partial charge >= 0.3 is 0 Å². The van der Waals surface area contributed by atoms with Crippen LogP contribution in [0.5, 0.6) is 0 Å². The van der Waals surface area contributed by atoms with E-state index < -0.39 is 0 Å². The molecule has 8 heteroatoms. The lowest BCUT2D eigenvalue weighted by Gasteiger charge is -2.32. The van der Waals surface area contributed by atoms with Gasteiger partial charge in [0.25, 0.3) is 11.5 Å². The van der Waals surface area contributed by atoms with Crippen molar-refractivity contribution in [1.29, 1.82) is 0 Å². The van der Waals surface area contributed by atoms with Crippen molar-refractivity contribution in [1.82, 2.24) is 20.0 Å². The number of carbonyl (C=O) groups excluding carboxylic acids is 2. The molecule has 2 aromatic heterocycles. The van der Waals surface area contributed by atoms with Crippen molar-refractivity contribution in [3.05, 3.63) is 51.8 Å². The maximum Gasteiger partial charge on any atom is 0.274 e. The van der Waals surface area contributed by atoms with Crippen LogP contribution in [-0.2, 0) is 18.4 Å². The number of amides is 2. The van der Waals surface area contributed by atoms with Crippen LogP contribution >= 0.6 is 0 Å². The molecule has 1 aliphatic rings. The molecule has 150 valence electrons. The number of hydrogen-bond acceptors (Lipinski definition) is 5. The zero-order valence-electron chi connectivity index (χ0n) is 16.3. The van der Waals surface area contributed by atoms with E-state index in [4.69, 9.17) is 4.42 Å². The number of piperidine rings is 1. The van der Waals surface area contributed by atoms with E-state index in [0.717, 1.165) is 30.8 Å². The minimum atomic E-state index is -0.246. The number of aromatic nitrogens is 2. The zero-order valence-corrected chi connectivity index (χ0v) is 16.3. The predicted octanol–water partition coefficient (Wildman–Crippen LogP) is 1.63. The zero-order chi connectivity index (χ0) is 20.1. The van der Waals surface area contributed by atoms with Gasteiger partial charge in [0.05, 0.1) is 6.54 Å². The maximum absolute atomic E-state index is 12.7. The van der Waals surface area contributed by atoms with Crippen LogP contribution < -0.4 is 10.9 Å². The summed E-state index contributed by atoms with van der Waals surface area (Å²) in [6, 6.07) is 6.55. The summed E-state index contributed by atoms with van der Waals surface area (Å²) >= 11 is 0. The van der Waals surface area contributed by atoms with Crippen molar-refractivity contribution in [3.63, 3.8) is 0 Å². The standard InChI is InChI=1S/C20H26N4O4/c1-14-5-7-16(28-14)12-21-18(25)9-6-15-4-3-11-24(13-15)20(27)17-8-10-19(26)23(2)22-17/h5,7-8,10,15H,3-4,6,9,11-13H2,1-2H3,(H,21,25)/t15-/m1/s1. The molecule has 0 radical (unpaired) electrons. The lowest BCUT2D eigenvalue weighted by molar-refractivity contribution is -0.121. The number of rotatable bonds is 6. The summed E-state index contributed by atoms with van der Waals surface area (Å²) in [6.45, 7) is 3.53. The summed E-state index contributed by atoms with van der Waals surface area (Å²) in [7, 11) is 1.53. The molecule has 0 spiro atoms. The minimum Gasteiger partial charge on any atom is -0.465 e. The smallest absolute Gasteiger partial charge is 0.274 e. The van der Waals surface area contributed by atoms with E-state index >= 15 is 0 Å². The van der Waals surface area contributed by atoms with E-state index in [9.17, 15) is 14.4 Å². The third kappa shape index (κ3) is 5.09. The number of furan rings is 1. The first kappa shape index (κ1) is 19.9. The first-order valence-corrected chi connectivity index (χ1v) is 9.58. The fraction of sp³-hybridized carbons (Fsp3) is 0.500. The Bertz CT molecular complexity index is 902. The SMILES string of the molecule is Cc1ccc(CNC(=O)CC[C@H]2CCCN(C(=O)c3ccc(=O)n(C)n3)C2)o1. The molecule has 1 atom stereocenters. The van der Waals surface area contributed by atoms with E-state index in [0.29, 0.717) is 26.1 Å². The van der Waals surface area contributed by atoms with E-state index in [1.54, 1.807) is 4.90 Å². The fourth-order valence-electron chi connectivity index (χ4n) is 3.45. The Balaban J connectivity index is 1.47. The number of hydrogen-bond donors (Lipinski definition) is 1. The molecule has 1 fully saturated rings. The molecule has 1 aliphatic heterocycles. The minimum absolute atomic E-state index is 0.0165. The number of nitrogens with zero attached hydrogens (tertiary/aromatic N) is 3. The lowest BCUT2D eigenvalue weighted by atomic mass is 9.93. The maximum atomic E-state index is 12.7. The van der Waals surface area contributed by atoms with Crippen molar-refractivity contribution in [2.45, 2.75) is 39.2 Å². The number of aryl methyl sites for hydroxylation is 2. The molecule has 0 aromatic carbocycles. The second-order valence-electron chi connectivity index (χ2n) is 7.27. The third-order valence-corrected chi connectivity index (χ3v) is 5.02. The molecule has 28 heavy (non-hydrogen) atoms. The molecule has 1 saturated heterocycles. The summed E-state index contributed by atoms with van der Waals surface area (Å²) in [5.74, 6) is 1.66. The molecule has 3 rings (SSSR count). The largest absolute Gasteiger partial charge is 0.465 e. The van der Waals surface area contributed by atoms with Gasteiger partial charge in [-0.15, -0.1) is 0 Å². The van der Waals surface area contributed by atoms with Gasteiger partial charge in [-0.05, 0) is 50.3 Å². The first-order valence-electron chi connectivity index (χ1n) is 9.58. The Morgan fingerprint density at radius 2 is 2.11 bits per heavy atom. The lowest BCUT2D eigenvalue weighted by Crippen LogP contribution is -2.41. The van der Waals surface area contributed by atoms with E-state index in [1.165, 1.54) is 23.9 Å².